The van der Waals surface area contributed by atoms with Gasteiger partial charge >= 0.3 is 0 Å². The predicted octanol–water partition coefficient (Wildman–Crippen LogP) is 3.46. The van der Waals surface area contributed by atoms with Crippen molar-refractivity contribution >= 4 is 17.5 Å². The predicted molar refractivity (Wildman–Crippen MR) is 74.9 cm³/mol. The number of rotatable bonds is 4. The molecule has 0 saturated heterocycles. The third-order valence-electron chi connectivity index (χ3n) is 3.72. The lowest BCUT2D eigenvalue weighted by Gasteiger charge is -2.20. The molecule has 3 heteroatoms. The maximum atomic E-state index is 12.1. The lowest BCUT2D eigenvalue weighted by molar-refractivity contribution is -0.121. The SMILES string of the molecule is CC(c1ccccc1)C(Cl)C(=O)NC1CCCC1. The van der Waals surface area contributed by atoms with Gasteiger partial charge in [0.1, 0.15) is 5.38 Å². The number of hydrogen-bond acceptors (Lipinski definition) is 1. The molecule has 1 N–H and O–H groups in total. The van der Waals surface area contributed by atoms with E-state index in [4.69, 9.17) is 11.6 Å². The van der Waals surface area contributed by atoms with Crippen LogP contribution in [-0.4, -0.2) is 17.3 Å². The number of nitrogens with one attached hydrogen (secondary N) is 1. The molecular formula is C15H20ClNO. The summed E-state index contributed by atoms with van der Waals surface area (Å²) in [7, 11) is 0. The van der Waals surface area contributed by atoms with E-state index in [1.165, 1.54) is 12.8 Å². The minimum atomic E-state index is -0.493. The fourth-order valence-corrected chi connectivity index (χ4v) is 2.71. The van der Waals surface area contributed by atoms with E-state index in [9.17, 15) is 4.79 Å². The minimum Gasteiger partial charge on any atom is -0.352 e. The van der Waals surface area contributed by atoms with Gasteiger partial charge in [0, 0.05) is 12.0 Å². The third-order valence-corrected chi connectivity index (χ3v) is 4.29. The lowest BCUT2D eigenvalue weighted by Crippen LogP contribution is -2.39. The van der Waals surface area contributed by atoms with Crippen LogP contribution in [0.2, 0.25) is 0 Å². The lowest BCUT2D eigenvalue weighted by atomic mass is 9.97. The average Bonchev–Trinajstić information content (AvgIpc) is 2.91. The van der Waals surface area contributed by atoms with Crippen molar-refractivity contribution in [1.29, 1.82) is 0 Å². The van der Waals surface area contributed by atoms with Crippen LogP contribution in [0.3, 0.4) is 0 Å². The maximum absolute atomic E-state index is 12.1. The molecule has 1 aliphatic rings. The zero-order chi connectivity index (χ0) is 13.0. The summed E-state index contributed by atoms with van der Waals surface area (Å²) >= 11 is 6.28. The van der Waals surface area contributed by atoms with Crippen molar-refractivity contribution in [3.8, 4) is 0 Å². The molecule has 2 nitrogen and oxygen atoms in total. The van der Waals surface area contributed by atoms with E-state index < -0.39 is 5.38 Å². The van der Waals surface area contributed by atoms with E-state index in [-0.39, 0.29) is 11.8 Å². The zero-order valence-electron chi connectivity index (χ0n) is 10.7. The van der Waals surface area contributed by atoms with Crippen molar-refractivity contribution in [3.05, 3.63) is 35.9 Å². The van der Waals surface area contributed by atoms with Crippen molar-refractivity contribution in [3.63, 3.8) is 0 Å². The van der Waals surface area contributed by atoms with Gasteiger partial charge in [-0.05, 0) is 18.4 Å². The van der Waals surface area contributed by atoms with Gasteiger partial charge in [0.2, 0.25) is 5.91 Å². The van der Waals surface area contributed by atoms with E-state index >= 15 is 0 Å². The quantitative estimate of drug-likeness (QED) is 0.830. The van der Waals surface area contributed by atoms with E-state index in [1.807, 2.05) is 37.3 Å². The van der Waals surface area contributed by atoms with Crippen LogP contribution in [0.1, 0.15) is 44.1 Å². The molecule has 2 unspecified atom stereocenters. The number of benzene rings is 1. The van der Waals surface area contributed by atoms with E-state index in [0.29, 0.717) is 6.04 Å². The molecule has 1 saturated carbocycles. The van der Waals surface area contributed by atoms with Crippen molar-refractivity contribution < 1.29 is 4.79 Å². The van der Waals surface area contributed by atoms with Crippen LogP contribution in [0.4, 0.5) is 0 Å². The third kappa shape index (κ3) is 3.26. The molecule has 1 aromatic carbocycles. The molecule has 1 amide bonds. The number of halogens is 1. The molecule has 1 fully saturated rings. The Bertz CT molecular complexity index is 387. The summed E-state index contributed by atoms with van der Waals surface area (Å²) in [4.78, 5) is 12.1. The Morgan fingerprint density at radius 1 is 1.28 bits per heavy atom. The molecule has 1 aromatic rings. The first-order chi connectivity index (χ1) is 8.68. The largest absolute Gasteiger partial charge is 0.352 e. The molecule has 0 aromatic heterocycles. The van der Waals surface area contributed by atoms with Crippen LogP contribution in [0.15, 0.2) is 30.3 Å². The van der Waals surface area contributed by atoms with Crippen molar-refractivity contribution in [2.24, 2.45) is 0 Å². The van der Waals surface area contributed by atoms with Gasteiger partial charge in [0.05, 0.1) is 0 Å². The molecule has 0 heterocycles. The average molecular weight is 266 g/mol. The zero-order valence-corrected chi connectivity index (χ0v) is 11.5. The Labute approximate surface area is 114 Å². The maximum Gasteiger partial charge on any atom is 0.238 e. The summed E-state index contributed by atoms with van der Waals surface area (Å²) in [5, 5.41) is 2.57. The number of carbonyl (C=O) groups is 1. The van der Waals surface area contributed by atoms with E-state index in [2.05, 4.69) is 5.32 Å². The summed E-state index contributed by atoms with van der Waals surface area (Å²) in [5.74, 6) is 0.00851. The smallest absolute Gasteiger partial charge is 0.238 e. The van der Waals surface area contributed by atoms with Gasteiger partial charge < -0.3 is 5.32 Å². The van der Waals surface area contributed by atoms with Crippen LogP contribution in [0.25, 0.3) is 0 Å². The Morgan fingerprint density at radius 3 is 2.50 bits per heavy atom. The van der Waals surface area contributed by atoms with Crippen molar-refractivity contribution in [1.82, 2.24) is 5.32 Å². The molecule has 2 rings (SSSR count). The monoisotopic (exact) mass is 265 g/mol. The second kappa shape index (κ2) is 6.24. The molecule has 98 valence electrons. The number of amides is 1. The van der Waals surface area contributed by atoms with Crippen LogP contribution in [-0.2, 0) is 4.79 Å². The molecule has 1 aliphatic carbocycles. The topological polar surface area (TPSA) is 29.1 Å². The van der Waals surface area contributed by atoms with Gasteiger partial charge in [0.25, 0.3) is 0 Å². The first-order valence-corrected chi connectivity index (χ1v) is 7.11. The summed E-state index contributed by atoms with van der Waals surface area (Å²) in [6.45, 7) is 2.00. The second-order valence-electron chi connectivity index (χ2n) is 5.09. The van der Waals surface area contributed by atoms with Gasteiger partial charge in [-0.2, -0.15) is 0 Å². The minimum absolute atomic E-state index is 0.0279. The highest BCUT2D eigenvalue weighted by Crippen LogP contribution is 2.24. The number of hydrogen-bond donors (Lipinski definition) is 1. The molecule has 2 atom stereocenters. The van der Waals surface area contributed by atoms with Gasteiger partial charge in [0.15, 0.2) is 0 Å². The molecule has 18 heavy (non-hydrogen) atoms. The van der Waals surface area contributed by atoms with Crippen LogP contribution in [0.5, 0.6) is 0 Å². The number of alkyl halides is 1. The second-order valence-corrected chi connectivity index (χ2v) is 5.56. The molecular weight excluding hydrogens is 246 g/mol. The van der Waals surface area contributed by atoms with Crippen molar-refractivity contribution in [2.75, 3.05) is 0 Å². The Morgan fingerprint density at radius 2 is 1.89 bits per heavy atom. The van der Waals surface area contributed by atoms with Crippen LogP contribution in [0, 0.1) is 0 Å². The van der Waals surface area contributed by atoms with Crippen LogP contribution >= 0.6 is 11.6 Å². The summed E-state index contributed by atoms with van der Waals surface area (Å²) in [6, 6.07) is 10.3. The Kier molecular flexibility index (Phi) is 4.65. The normalized spacial score (nSPS) is 19.4. The highest BCUT2D eigenvalue weighted by Gasteiger charge is 2.26. The Balaban J connectivity index is 1.93. The fraction of sp³-hybridized carbons (Fsp3) is 0.533. The van der Waals surface area contributed by atoms with E-state index in [0.717, 1.165) is 18.4 Å². The van der Waals surface area contributed by atoms with Crippen molar-refractivity contribution in [2.45, 2.75) is 49.9 Å². The first kappa shape index (κ1) is 13.4. The summed E-state index contributed by atoms with van der Waals surface area (Å²) in [5.41, 5.74) is 1.11. The summed E-state index contributed by atoms with van der Waals surface area (Å²) in [6.07, 6.45) is 4.61. The number of carbonyl (C=O) groups excluding carboxylic acids is 1. The molecule has 0 bridgehead atoms. The van der Waals surface area contributed by atoms with Gasteiger partial charge in [-0.1, -0.05) is 50.1 Å². The highest BCUT2D eigenvalue weighted by molar-refractivity contribution is 6.31. The summed E-state index contributed by atoms with van der Waals surface area (Å²) < 4.78 is 0. The first-order valence-electron chi connectivity index (χ1n) is 6.68. The Hall–Kier alpha value is -1.02. The molecule has 0 radical (unpaired) electrons. The molecule has 0 aliphatic heterocycles. The molecule has 0 spiro atoms. The highest BCUT2D eigenvalue weighted by atomic mass is 35.5. The van der Waals surface area contributed by atoms with Gasteiger partial charge in [-0.3, -0.25) is 4.79 Å². The van der Waals surface area contributed by atoms with Gasteiger partial charge in [-0.25, -0.2) is 0 Å². The van der Waals surface area contributed by atoms with E-state index in [1.54, 1.807) is 0 Å². The fourth-order valence-electron chi connectivity index (χ4n) is 2.50. The van der Waals surface area contributed by atoms with Crippen LogP contribution < -0.4 is 5.32 Å². The van der Waals surface area contributed by atoms with Gasteiger partial charge in [-0.15, -0.1) is 11.6 Å². The standard InChI is InChI=1S/C15H20ClNO/c1-11(12-7-3-2-4-8-12)14(16)15(18)17-13-9-5-6-10-13/h2-4,7-8,11,13-14H,5-6,9-10H2,1H3,(H,17,18).